The van der Waals surface area contributed by atoms with E-state index >= 15 is 0 Å². The quantitative estimate of drug-likeness (QED) is 0.365. The Morgan fingerprint density at radius 3 is 2.53 bits per heavy atom. The first-order valence-electron chi connectivity index (χ1n) is 10.1. The zero-order chi connectivity index (χ0) is 24.0. The van der Waals surface area contributed by atoms with Gasteiger partial charge in [-0.2, -0.15) is 0 Å². The predicted molar refractivity (Wildman–Crippen MR) is 129 cm³/mol. The van der Waals surface area contributed by atoms with E-state index in [1.165, 1.54) is 30.5 Å². The average molecular weight is 495 g/mol. The number of benzene rings is 2. The molecule has 2 aromatic carbocycles. The minimum atomic E-state index is -3.97. The maximum Gasteiger partial charge on any atom is 0.261 e. The number of nitrogens with one attached hydrogen (secondary N) is 2. The average Bonchev–Trinajstić information content (AvgIpc) is 2.85. The number of ether oxygens (including phenoxy) is 1. The van der Waals surface area contributed by atoms with Crippen LogP contribution in [0, 0.1) is 0 Å². The van der Waals surface area contributed by atoms with Crippen LogP contribution in [-0.4, -0.2) is 24.3 Å². The molecule has 2 N–H and O–H groups in total. The monoisotopic (exact) mass is 494 g/mol. The van der Waals surface area contributed by atoms with Gasteiger partial charge in [-0.3, -0.25) is 14.5 Å². The van der Waals surface area contributed by atoms with E-state index in [1.54, 1.807) is 48.8 Å². The molecule has 1 amide bonds. The van der Waals surface area contributed by atoms with Crippen LogP contribution >= 0.6 is 11.6 Å². The maximum absolute atomic E-state index is 12.9. The summed E-state index contributed by atoms with van der Waals surface area (Å²) in [5.74, 6) is 0.0445. The lowest BCUT2D eigenvalue weighted by molar-refractivity contribution is 0.102. The van der Waals surface area contributed by atoms with E-state index < -0.39 is 15.9 Å². The van der Waals surface area contributed by atoms with Crippen molar-refractivity contribution in [3.8, 4) is 5.75 Å². The highest BCUT2D eigenvalue weighted by atomic mass is 35.5. The first-order valence-corrected chi connectivity index (χ1v) is 11.9. The molecule has 4 aromatic rings. The topological polar surface area (TPSA) is 110 Å². The van der Waals surface area contributed by atoms with Gasteiger partial charge in [0.1, 0.15) is 6.61 Å². The summed E-state index contributed by atoms with van der Waals surface area (Å²) in [4.78, 5) is 20.9. The second kappa shape index (κ2) is 10.3. The molecule has 8 nitrogen and oxygen atoms in total. The molecule has 0 unspecified atom stereocenters. The molecule has 0 aliphatic carbocycles. The van der Waals surface area contributed by atoms with E-state index in [9.17, 15) is 13.2 Å². The molecule has 0 fully saturated rings. The summed E-state index contributed by atoms with van der Waals surface area (Å²) in [5.41, 5.74) is 1.27. The molecule has 10 heteroatoms. The summed E-state index contributed by atoms with van der Waals surface area (Å²) >= 11 is 6.06. The van der Waals surface area contributed by atoms with Gasteiger partial charge in [-0.05, 0) is 60.2 Å². The first kappa shape index (κ1) is 23.2. The molecule has 0 atom stereocenters. The Morgan fingerprint density at radius 2 is 1.74 bits per heavy atom. The van der Waals surface area contributed by atoms with Crippen molar-refractivity contribution in [3.05, 3.63) is 108 Å². The van der Waals surface area contributed by atoms with Crippen LogP contribution < -0.4 is 14.8 Å². The maximum atomic E-state index is 12.9. The fourth-order valence-electron chi connectivity index (χ4n) is 2.97. The smallest absolute Gasteiger partial charge is 0.261 e. The van der Waals surface area contributed by atoms with Crippen LogP contribution in [-0.2, 0) is 16.6 Å². The van der Waals surface area contributed by atoms with E-state index in [2.05, 4.69) is 20.0 Å². The van der Waals surface area contributed by atoms with Crippen molar-refractivity contribution in [3.63, 3.8) is 0 Å². The van der Waals surface area contributed by atoms with Crippen LogP contribution in [0.2, 0.25) is 5.02 Å². The van der Waals surface area contributed by atoms with Gasteiger partial charge in [-0.1, -0.05) is 29.8 Å². The second-order valence-corrected chi connectivity index (χ2v) is 9.15. The van der Waals surface area contributed by atoms with Crippen LogP contribution in [0.5, 0.6) is 5.75 Å². The summed E-state index contributed by atoms with van der Waals surface area (Å²) < 4.78 is 33.9. The van der Waals surface area contributed by atoms with Crippen LogP contribution in [0.1, 0.15) is 15.9 Å². The van der Waals surface area contributed by atoms with Crippen molar-refractivity contribution in [1.29, 1.82) is 0 Å². The normalized spacial score (nSPS) is 11.0. The zero-order valence-corrected chi connectivity index (χ0v) is 19.3. The van der Waals surface area contributed by atoms with Gasteiger partial charge in [0.25, 0.3) is 15.9 Å². The van der Waals surface area contributed by atoms with Gasteiger partial charge >= 0.3 is 0 Å². The molecule has 172 valence electrons. The largest absolute Gasteiger partial charge is 0.485 e. The number of carbonyl (C=O) groups is 1. The SMILES string of the molecule is O=C(Nc1ncccc1OCc1ccncc1)c1cccc(S(=O)(=O)Nc2ccccc2Cl)c1. The van der Waals surface area contributed by atoms with Crippen molar-refractivity contribution < 1.29 is 17.9 Å². The lowest BCUT2D eigenvalue weighted by Crippen LogP contribution is -2.17. The molecule has 4 rings (SSSR count). The summed E-state index contributed by atoms with van der Waals surface area (Å²) in [7, 11) is -3.97. The fraction of sp³-hybridized carbons (Fsp3) is 0.0417. The third-order valence-electron chi connectivity index (χ3n) is 4.67. The fourth-order valence-corrected chi connectivity index (χ4v) is 4.34. The number of para-hydroxylation sites is 1. The van der Waals surface area contributed by atoms with Crippen LogP contribution in [0.25, 0.3) is 0 Å². The molecule has 0 radical (unpaired) electrons. The van der Waals surface area contributed by atoms with Gasteiger partial charge in [0.2, 0.25) is 0 Å². The third kappa shape index (κ3) is 5.69. The van der Waals surface area contributed by atoms with Gasteiger partial charge in [0.05, 0.1) is 15.6 Å². The van der Waals surface area contributed by atoms with E-state index in [-0.39, 0.29) is 33.6 Å². The van der Waals surface area contributed by atoms with Gasteiger partial charge < -0.3 is 10.1 Å². The van der Waals surface area contributed by atoms with Crippen molar-refractivity contribution in [1.82, 2.24) is 9.97 Å². The number of hydrogen-bond acceptors (Lipinski definition) is 6. The Morgan fingerprint density at radius 1 is 0.941 bits per heavy atom. The van der Waals surface area contributed by atoms with Crippen molar-refractivity contribution in [2.45, 2.75) is 11.5 Å². The van der Waals surface area contributed by atoms with E-state index in [0.717, 1.165) is 5.56 Å². The van der Waals surface area contributed by atoms with E-state index in [0.29, 0.717) is 5.75 Å². The summed E-state index contributed by atoms with van der Waals surface area (Å²) in [5, 5.41) is 2.94. The molecule has 0 saturated heterocycles. The number of anilines is 2. The Bertz CT molecular complexity index is 1420. The minimum absolute atomic E-state index is 0.0877. The lowest BCUT2D eigenvalue weighted by Gasteiger charge is -2.12. The Hall–Kier alpha value is -3.95. The molecular formula is C24H19ClN4O4S. The highest BCUT2D eigenvalue weighted by Crippen LogP contribution is 2.25. The minimum Gasteiger partial charge on any atom is -0.485 e. The number of carbonyl (C=O) groups excluding carboxylic acids is 1. The molecule has 0 aliphatic rings. The summed E-state index contributed by atoms with van der Waals surface area (Å²) in [6, 6.07) is 19.1. The molecule has 2 aromatic heterocycles. The number of pyridine rings is 2. The number of halogens is 1. The van der Waals surface area contributed by atoms with Crippen molar-refractivity contribution in [2.75, 3.05) is 10.0 Å². The van der Waals surface area contributed by atoms with Crippen molar-refractivity contribution >= 4 is 39.0 Å². The van der Waals surface area contributed by atoms with E-state index in [1.807, 2.05) is 12.1 Å². The standard InChI is InChI=1S/C24H19ClN4O4S/c25-20-7-1-2-8-21(20)29-34(31,32)19-6-3-5-18(15-19)24(30)28-23-22(9-4-12-27-23)33-16-17-10-13-26-14-11-17/h1-15,29H,16H2,(H,27,28,30). The predicted octanol–water partition coefficient (Wildman–Crippen LogP) is 4.76. The molecule has 0 aliphatic heterocycles. The van der Waals surface area contributed by atoms with Crippen molar-refractivity contribution in [2.24, 2.45) is 0 Å². The summed E-state index contributed by atoms with van der Waals surface area (Å²) in [6.45, 7) is 0.262. The Kier molecular flexibility index (Phi) is 7.05. The van der Waals surface area contributed by atoms with Crippen LogP contribution in [0.15, 0.2) is 96.3 Å². The Labute approximate surface area is 201 Å². The number of hydrogen-bond donors (Lipinski definition) is 2. The lowest BCUT2D eigenvalue weighted by atomic mass is 10.2. The summed E-state index contributed by atoms with van der Waals surface area (Å²) in [6.07, 6.45) is 4.84. The highest BCUT2D eigenvalue weighted by molar-refractivity contribution is 7.92. The number of rotatable bonds is 8. The number of aromatic nitrogens is 2. The molecule has 0 saturated carbocycles. The number of sulfonamides is 1. The number of amides is 1. The van der Waals surface area contributed by atoms with Crippen LogP contribution in [0.4, 0.5) is 11.5 Å². The van der Waals surface area contributed by atoms with Gasteiger partial charge in [0.15, 0.2) is 11.6 Å². The molecule has 0 spiro atoms. The Balaban J connectivity index is 1.50. The number of nitrogens with zero attached hydrogens (tertiary/aromatic N) is 2. The molecular weight excluding hydrogens is 476 g/mol. The first-order chi connectivity index (χ1) is 16.4. The molecule has 34 heavy (non-hydrogen) atoms. The second-order valence-electron chi connectivity index (χ2n) is 7.06. The van der Waals surface area contributed by atoms with Gasteiger partial charge in [-0.25, -0.2) is 13.4 Å². The van der Waals surface area contributed by atoms with Gasteiger partial charge in [-0.15, -0.1) is 0 Å². The van der Waals surface area contributed by atoms with Gasteiger partial charge in [0, 0.05) is 24.2 Å². The highest BCUT2D eigenvalue weighted by Gasteiger charge is 2.18. The van der Waals surface area contributed by atoms with Crippen LogP contribution in [0.3, 0.4) is 0 Å². The zero-order valence-electron chi connectivity index (χ0n) is 17.7. The molecule has 0 bridgehead atoms. The molecule has 2 heterocycles. The third-order valence-corrected chi connectivity index (χ3v) is 6.36. The van der Waals surface area contributed by atoms with E-state index in [4.69, 9.17) is 16.3 Å².